The van der Waals surface area contributed by atoms with E-state index in [0.29, 0.717) is 18.1 Å². The molecule has 2 heteroatoms. The smallest absolute Gasteiger partial charge is 0.00900 e. The molecule has 1 aliphatic rings. The molecular formula is C12H26N2. The van der Waals surface area contributed by atoms with E-state index >= 15 is 0 Å². The van der Waals surface area contributed by atoms with E-state index in [9.17, 15) is 0 Å². The molecule has 1 saturated carbocycles. The first-order valence-electron chi connectivity index (χ1n) is 6.15. The van der Waals surface area contributed by atoms with Gasteiger partial charge in [-0.15, -0.1) is 0 Å². The van der Waals surface area contributed by atoms with Gasteiger partial charge in [0.25, 0.3) is 0 Å². The largest absolute Gasteiger partial charge is 0.328 e. The summed E-state index contributed by atoms with van der Waals surface area (Å²) in [5.41, 5.74) is 5.98. The molecule has 84 valence electrons. The highest BCUT2D eigenvalue weighted by Crippen LogP contribution is 2.19. The van der Waals surface area contributed by atoms with E-state index in [1.165, 1.54) is 32.1 Å². The Morgan fingerprint density at radius 1 is 1.36 bits per heavy atom. The van der Waals surface area contributed by atoms with Gasteiger partial charge in [-0.1, -0.05) is 27.2 Å². The highest BCUT2D eigenvalue weighted by atomic mass is 15.0. The highest BCUT2D eigenvalue weighted by Gasteiger charge is 2.22. The first-order valence-corrected chi connectivity index (χ1v) is 6.15. The van der Waals surface area contributed by atoms with E-state index in [1.807, 2.05) is 0 Å². The third-order valence-electron chi connectivity index (χ3n) is 3.41. The summed E-state index contributed by atoms with van der Waals surface area (Å²) in [6, 6.07) is 1.78. The molecule has 3 unspecified atom stereocenters. The maximum absolute atomic E-state index is 5.98. The molecule has 14 heavy (non-hydrogen) atoms. The van der Waals surface area contributed by atoms with Crippen molar-refractivity contribution in [3.05, 3.63) is 0 Å². The summed E-state index contributed by atoms with van der Waals surface area (Å²) >= 11 is 0. The van der Waals surface area contributed by atoms with Crippen LogP contribution in [0.1, 0.15) is 52.9 Å². The van der Waals surface area contributed by atoms with Crippen molar-refractivity contribution in [1.82, 2.24) is 5.32 Å². The average molecular weight is 198 g/mol. The molecule has 3 atom stereocenters. The average Bonchev–Trinajstić information content (AvgIpc) is 2.14. The van der Waals surface area contributed by atoms with Crippen molar-refractivity contribution in [3.8, 4) is 0 Å². The Labute approximate surface area is 88.6 Å². The van der Waals surface area contributed by atoms with Crippen LogP contribution in [0.3, 0.4) is 0 Å². The van der Waals surface area contributed by atoms with Gasteiger partial charge in [0.1, 0.15) is 0 Å². The Hall–Kier alpha value is -0.0800. The minimum absolute atomic E-state index is 0.436. The van der Waals surface area contributed by atoms with Crippen molar-refractivity contribution in [2.45, 2.75) is 71.0 Å². The Kier molecular flexibility index (Phi) is 4.90. The molecular weight excluding hydrogens is 172 g/mol. The van der Waals surface area contributed by atoms with Crippen molar-refractivity contribution < 1.29 is 0 Å². The SMILES string of the molecule is CCC(NC1CCCC(N)C1)C(C)C. The fraction of sp³-hybridized carbons (Fsp3) is 1.00. The zero-order valence-corrected chi connectivity index (χ0v) is 9.92. The predicted molar refractivity (Wildman–Crippen MR) is 62.3 cm³/mol. The third-order valence-corrected chi connectivity index (χ3v) is 3.41. The summed E-state index contributed by atoms with van der Waals surface area (Å²) in [6.45, 7) is 6.86. The van der Waals surface area contributed by atoms with E-state index in [2.05, 4.69) is 26.1 Å². The lowest BCUT2D eigenvalue weighted by Gasteiger charge is -2.32. The van der Waals surface area contributed by atoms with Crippen molar-refractivity contribution in [3.63, 3.8) is 0 Å². The van der Waals surface area contributed by atoms with E-state index in [1.54, 1.807) is 0 Å². The van der Waals surface area contributed by atoms with Crippen LogP contribution in [0.2, 0.25) is 0 Å². The number of nitrogens with one attached hydrogen (secondary N) is 1. The van der Waals surface area contributed by atoms with Gasteiger partial charge >= 0.3 is 0 Å². The van der Waals surface area contributed by atoms with Gasteiger partial charge in [0.05, 0.1) is 0 Å². The second-order valence-corrected chi connectivity index (χ2v) is 5.05. The normalized spacial score (nSPS) is 30.6. The molecule has 0 amide bonds. The molecule has 0 aromatic heterocycles. The molecule has 2 nitrogen and oxygen atoms in total. The Morgan fingerprint density at radius 3 is 2.57 bits per heavy atom. The first-order chi connectivity index (χ1) is 6.63. The molecule has 0 aromatic rings. The molecule has 1 rings (SSSR count). The fourth-order valence-corrected chi connectivity index (χ4v) is 2.46. The van der Waals surface area contributed by atoms with E-state index in [0.717, 1.165) is 5.92 Å². The van der Waals surface area contributed by atoms with Crippen LogP contribution in [0.25, 0.3) is 0 Å². The van der Waals surface area contributed by atoms with Crippen LogP contribution in [-0.4, -0.2) is 18.1 Å². The summed E-state index contributed by atoms with van der Waals surface area (Å²) in [6.07, 6.45) is 6.23. The molecule has 0 aromatic carbocycles. The standard InChI is InChI=1S/C12H26N2/c1-4-12(9(2)3)14-11-7-5-6-10(13)8-11/h9-12,14H,4-8,13H2,1-3H3. The second-order valence-electron chi connectivity index (χ2n) is 5.05. The number of rotatable bonds is 4. The van der Waals surface area contributed by atoms with Crippen LogP contribution in [0.15, 0.2) is 0 Å². The van der Waals surface area contributed by atoms with Gasteiger partial charge in [-0.25, -0.2) is 0 Å². The van der Waals surface area contributed by atoms with E-state index in [-0.39, 0.29) is 0 Å². The lowest BCUT2D eigenvalue weighted by molar-refractivity contribution is 0.276. The summed E-state index contributed by atoms with van der Waals surface area (Å²) in [4.78, 5) is 0. The van der Waals surface area contributed by atoms with Gasteiger partial charge < -0.3 is 11.1 Å². The molecule has 1 aliphatic carbocycles. The highest BCUT2D eigenvalue weighted by molar-refractivity contribution is 4.83. The molecule has 0 bridgehead atoms. The van der Waals surface area contributed by atoms with Gasteiger partial charge in [-0.3, -0.25) is 0 Å². The summed E-state index contributed by atoms with van der Waals surface area (Å²) in [5.74, 6) is 0.734. The maximum atomic E-state index is 5.98. The van der Waals surface area contributed by atoms with Crippen molar-refractivity contribution >= 4 is 0 Å². The monoisotopic (exact) mass is 198 g/mol. The molecule has 3 N–H and O–H groups in total. The van der Waals surface area contributed by atoms with Crippen molar-refractivity contribution in [2.24, 2.45) is 11.7 Å². The zero-order valence-electron chi connectivity index (χ0n) is 9.92. The lowest BCUT2D eigenvalue weighted by atomic mass is 9.90. The lowest BCUT2D eigenvalue weighted by Crippen LogP contribution is -2.45. The Morgan fingerprint density at radius 2 is 2.07 bits per heavy atom. The number of nitrogens with two attached hydrogens (primary N) is 1. The number of hydrogen-bond donors (Lipinski definition) is 2. The van der Waals surface area contributed by atoms with Gasteiger partial charge in [-0.05, 0) is 31.6 Å². The zero-order chi connectivity index (χ0) is 10.6. The molecule has 0 radical (unpaired) electrons. The third kappa shape index (κ3) is 3.58. The first kappa shape index (κ1) is 12.0. The maximum Gasteiger partial charge on any atom is 0.00900 e. The topological polar surface area (TPSA) is 38.0 Å². The predicted octanol–water partition coefficient (Wildman–Crippen LogP) is 2.28. The molecule has 0 saturated heterocycles. The molecule has 1 fully saturated rings. The van der Waals surface area contributed by atoms with Gasteiger partial charge in [0.2, 0.25) is 0 Å². The van der Waals surface area contributed by atoms with Crippen molar-refractivity contribution in [2.75, 3.05) is 0 Å². The van der Waals surface area contributed by atoms with Gasteiger partial charge in [-0.2, -0.15) is 0 Å². The summed E-state index contributed by atoms with van der Waals surface area (Å²) < 4.78 is 0. The van der Waals surface area contributed by atoms with Crippen LogP contribution in [0.5, 0.6) is 0 Å². The Balaban J connectivity index is 2.33. The minimum atomic E-state index is 0.436. The summed E-state index contributed by atoms with van der Waals surface area (Å²) in [7, 11) is 0. The van der Waals surface area contributed by atoms with E-state index < -0.39 is 0 Å². The van der Waals surface area contributed by atoms with Crippen LogP contribution in [0.4, 0.5) is 0 Å². The van der Waals surface area contributed by atoms with Crippen LogP contribution >= 0.6 is 0 Å². The van der Waals surface area contributed by atoms with Crippen LogP contribution in [-0.2, 0) is 0 Å². The van der Waals surface area contributed by atoms with Crippen molar-refractivity contribution in [1.29, 1.82) is 0 Å². The second kappa shape index (κ2) is 5.72. The molecule has 0 heterocycles. The Bertz CT molecular complexity index is 156. The van der Waals surface area contributed by atoms with Gasteiger partial charge in [0, 0.05) is 18.1 Å². The fourth-order valence-electron chi connectivity index (χ4n) is 2.46. The van der Waals surface area contributed by atoms with Crippen LogP contribution < -0.4 is 11.1 Å². The van der Waals surface area contributed by atoms with Crippen LogP contribution in [0, 0.1) is 5.92 Å². The molecule has 0 spiro atoms. The molecule has 0 aliphatic heterocycles. The minimum Gasteiger partial charge on any atom is -0.328 e. The quantitative estimate of drug-likeness (QED) is 0.727. The van der Waals surface area contributed by atoms with Gasteiger partial charge in [0.15, 0.2) is 0 Å². The van der Waals surface area contributed by atoms with E-state index in [4.69, 9.17) is 5.73 Å². The number of hydrogen-bond acceptors (Lipinski definition) is 2. The summed E-state index contributed by atoms with van der Waals surface area (Å²) in [5, 5.41) is 3.76.